The number of hydrogen-bond donors (Lipinski definition) is 0. The van der Waals surface area contributed by atoms with Crippen LogP contribution in [0.15, 0.2) is 18.3 Å². The summed E-state index contributed by atoms with van der Waals surface area (Å²) in [5.41, 5.74) is -0.395. The molecule has 2 aliphatic heterocycles. The molecule has 0 spiro atoms. The third-order valence-electron chi connectivity index (χ3n) is 6.37. The Morgan fingerprint density at radius 3 is 2.57 bits per heavy atom. The summed E-state index contributed by atoms with van der Waals surface area (Å²) in [4.78, 5) is 22.8. The fourth-order valence-electron chi connectivity index (χ4n) is 4.50. The normalized spacial score (nSPS) is 24.9. The number of anilines is 1. The average molecular weight is 396 g/mol. The smallest absolute Gasteiger partial charge is 0.371 e. The first-order valence-electron chi connectivity index (χ1n) is 10.2. The van der Waals surface area contributed by atoms with E-state index in [-0.39, 0.29) is 11.8 Å². The molecule has 0 unspecified atom stereocenters. The number of nitrogens with zero attached hydrogens (tertiary/aromatic N) is 4. The molecule has 28 heavy (non-hydrogen) atoms. The van der Waals surface area contributed by atoms with Gasteiger partial charge in [-0.1, -0.05) is 6.42 Å². The second-order valence-electron chi connectivity index (χ2n) is 8.13. The first-order chi connectivity index (χ1) is 13.4. The topological polar surface area (TPSA) is 39.7 Å². The molecule has 1 atom stereocenters. The molecule has 2 saturated heterocycles. The largest absolute Gasteiger partial charge is 0.433 e. The highest BCUT2D eigenvalue weighted by atomic mass is 19.4. The van der Waals surface area contributed by atoms with Crippen molar-refractivity contribution in [1.82, 2.24) is 14.8 Å². The molecule has 4 rings (SSSR count). The Morgan fingerprint density at radius 2 is 1.86 bits per heavy atom. The van der Waals surface area contributed by atoms with E-state index in [2.05, 4.69) is 9.88 Å². The van der Waals surface area contributed by atoms with Gasteiger partial charge in [0.15, 0.2) is 0 Å². The molecule has 1 saturated carbocycles. The Balaban J connectivity index is 1.35. The number of amides is 1. The maximum atomic E-state index is 13.0. The first-order valence-corrected chi connectivity index (χ1v) is 10.2. The molecule has 5 nitrogen and oxygen atoms in total. The molecule has 1 amide bonds. The van der Waals surface area contributed by atoms with Gasteiger partial charge in [-0.25, -0.2) is 0 Å². The van der Waals surface area contributed by atoms with Crippen LogP contribution in [-0.4, -0.2) is 66.0 Å². The second-order valence-corrected chi connectivity index (χ2v) is 8.13. The van der Waals surface area contributed by atoms with E-state index < -0.39 is 11.9 Å². The number of carbonyl (C=O) groups is 1. The van der Waals surface area contributed by atoms with Gasteiger partial charge in [-0.2, -0.15) is 13.2 Å². The quantitative estimate of drug-likeness (QED) is 0.788. The van der Waals surface area contributed by atoms with Crippen LogP contribution in [0.25, 0.3) is 0 Å². The van der Waals surface area contributed by atoms with Crippen molar-refractivity contribution in [2.24, 2.45) is 5.92 Å². The molecule has 0 bridgehead atoms. The van der Waals surface area contributed by atoms with E-state index in [1.54, 1.807) is 6.07 Å². The van der Waals surface area contributed by atoms with Gasteiger partial charge in [-0.15, -0.1) is 0 Å². The van der Waals surface area contributed by atoms with Gasteiger partial charge in [0.2, 0.25) is 5.91 Å². The number of pyridine rings is 1. The average Bonchev–Trinajstić information content (AvgIpc) is 3.00. The van der Waals surface area contributed by atoms with Crippen LogP contribution in [0.4, 0.5) is 18.9 Å². The number of carbonyl (C=O) groups excluding carboxylic acids is 1. The number of hydrogen-bond acceptors (Lipinski definition) is 4. The van der Waals surface area contributed by atoms with E-state index >= 15 is 0 Å². The minimum absolute atomic E-state index is 0.141. The molecule has 1 aromatic rings. The lowest BCUT2D eigenvalue weighted by molar-refractivity contribution is -0.141. The summed E-state index contributed by atoms with van der Waals surface area (Å²) in [6.45, 7) is 4.61. The van der Waals surface area contributed by atoms with Crippen molar-refractivity contribution in [3.8, 4) is 0 Å². The zero-order valence-corrected chi connectivity index (χ0v) is 16.0. The summed E-state index contributed by atoms with van der Waals surface area (Å²) in [5, 5.41) is 0. The van der Waals surface area contributed by atoms with Gasteiger partial charge >= 0.3 is 6.18 Å². The van der Waals surface area contributed by atoms with E-state index in [0.717, 1.165) is 38.7 Å². The predicted molar refractivity (Wildman–Crippen MR) is 100.0 cm³/mol. The second kappa shape index (κ2) is 7.89. The van der Waals surface area contributed by atoms with Crippen molar-refractivity contribution >= 4 is 11.6 Å². The fraction of sp³-hybridized carbons (Fsp3) is 0.700. The predicted octanol–water partition coefficient (Wildman–Crippen LogP) is 3.01. The van der Waals surface area contributed by atoms with Crippen molar-refractivity contribution in [3.05, 3.63) is 24.0 Å². The van der Waals surface area contributed by atoms with Crippen LogP contribution in [0.2, 0.25) is 0 Å². The lowest BCUT2D eigenvalue weighted by Gasteiger charge is -2.36. The van der Waals surface area contributed by atoms with Crippen molar-refractivity contribution in [1.29, 1.82) is 0 Å². The molecule has 0 radical (unpaired) electrons. The van der Waals surface area contributed by atoms with Crippen LogP contribution in [0.1, 0.15) is 37.8 Å². The van der Waals surface area contributed by atoms with E-state index in [1.807, 2.05) is 9.80 Å². The number of halogens is 3. The third kappa shape index (κ3) is 4.11. The number of alkyl halides is 3. The summed E-state index contributed by atoms with van der Waals surface area (Å²) >= 11 is 0. The highest BCUT2D eigenvalue weighted by Crippen LogP contribution is 2.32. The van der Waals surface area contributed by atoms with Crippen LogP contribution in [0.5, 0.6) is 0 Å². The minimum atomic E-state index is -4.46. The molecule has 0 N–H and O–H groups in total. The van der Waals surface area contributed by atoms with Crippen LogP contribution in [-0.2, 0) is 11.0 Å². The SMILES string of the molecule is O=C([C@@H]1CCN(c2ccnc(C(F)(F)F)c2)C1)N1CCCN(C2CCC2)CC1. The molecule has 154 valence electrons. The van der Waals surface area contributed by atoms with E-state index in [9.17, 15) is 18.0 Å². The molecule has 3 aliphatic rings. The maximum absolute atomic E-state index is 13.0. The molecule has 1 aliphatic carbocycles. The minimum Gasteiger partial charge on any atom is -0.371 e. The maximum Gasteiger partial charge on any atom is 0.433 e. The standard InChI is InChI=1S/C20H27F3N4O/c21-20(22,23)18-13-17(5-7-24-18)27-10-6-15(14-27)19(28)26-9-2-8-25(11-12-26)16-3-1-4-16/h5,7,13,15-16H,1-4,6,8-12,14H2/t15-/m1/s1. The monoisotopic (exact) mass is 396 g/mol. The van der Waals surface area contributed by atoms with E-state index in [0.29, 0.717) is 31.2 Å². The van der Waals surface area contributed by atoms with Crippen LogP contribution < -0.4 is 4.90 Å². The number of aromatic nitrogens is 1. The molecule has 3 fully saturated rings. The summed E-state index contributed by atoms with van der Waals surface area (Å²) in [7, 11) is 0. The summed E-state index contributed by atoms with van der Waals surface area (Å²) in [6, 6.07) is 3.37. The van der Waals surface area contributed by atoms with Crippen LogP contribution in [0.3, 0.4) is 0 Å². The summed E-state index contributed by atoms with van der Waals surface area (Å²) < 4.78 is 38.7. The van der Waals surface area contributed by atoms with Gasteiger partial charge in [0, 0.05) is 57.2 Å². The van der Waals surface area contributed by atoms with Crippen LogP contribution >= 0.6 is 0 Å². The molecule has 3 heterocycles. The molecular formula is C20H27F3N4O. The summed E-state index contributed by atoms with van der Waals surface area (Å²) in [5.74, 6) is 0.0146. The van der Waals surface area contributed by atoms with Gasteiger partial charge < -0.3 is 9.80 Å². The van der Waals surface area contributed by atoms with E-state index in [1.165, 1.54) is 25.5 Å². The molecule has 1 aromatic heterocycles. The molecule has 0 aromatic carbocycles. The van der Waals surface area contributed by atoms with Crippen LogP contribution in [0, 0.1) is 5.92 Å². The lowest BCUT2D eigenvalue weighted by atomic mass is 9.91. The third-order valence-corrected chi connectivity index (χ3v) is 6.37. The van der Waals surface area contributed by atoms with E-state index in [4.69, 9.17) is 0 Å². The zero-order valence-electron chi connectivity index (χ0n) is 16.0. The Labute approximate surface area is 163 Å². The zero-order chi connectivity index (χ0) is 19.7. The van der Waals surface area contributed by atoms with Gasteiger partial charge in [0.1, 0.15) is 5.69 Å². The van der Waals surface area contributed by atoms with Crippen molar-refractivity contribution in [2.45, 2.75) is 44.3 Å². The Bertz CT molecular complexity index is 707. The molecule has 8 heteroatoms. The van der Waals surface area contributed by atoms with Gasteiger partial charge in [-0.05, 0) is 37.8 Å². The highest BCUT2D eigenvalue weighted by molar-refractivity contribution is 5.80. The molecular weight excluding hydrogens is 369 g/mol. The Morgan fingerprint density at radius 1 is 1.04 bits per heavy atom. The Hall–Kier alpha value is -1.83. The van der Waals surface area contributed by atoms with Crippen molar-refractivity contribution < 1.29 is 18.0 Å². The number of rotatable bonds is 3. The summed E-state index contributed by atoms with van der Waals surface area (Å²) in [6.07, 6.45) is 2.28. The van der Waals surface area contributed by atoms with Gasteiger partial charge in [0.25, 0.3) is 0 Å². The lowest BCUT2D eigenvalue weighted by Crippen LogP contribution is -2.43. The first kappa shape index (κ1) is 19.5. The Kier molecular flexibility index (Phi) is 5.49. The fourth-order valence-corrected chi connectivity index (χ4v) is 4.50. The van der Waals surface area contributed by atoms with Gasteiger partial charge in [-0.3, -0.25) is 14.7 Å². The van der Waals surface area contributed by atoms with Crippen molar-refractivity contribution in [2.75, 3.05) is 44.2 Å². The van der Waals surface area contributed by atoms with Crippen molar-refractivity contribution in [3.63, 3.8) is 0 Å². The highest BCUT2D eigenvalue weighted by Gasteiger charge is 2.36. The van der Waals surface area contributed by atoms with Gasteiger partial charge in [0.05, 0.1) is 5.92 Å².